The summed E-state index contributed by atoms with van der Waals surface area (Å²) >= 11 is 0. The molecule has 22 heavy (non-hydrogen) atoms. The maximum atomic E-state index is 9.23. The van der Waals surface area contributed by atoms with Gasteiger partial charge in [-0.1, -0.05) is 12.1 Å². The number of aliphatic hydroxyl groups excluding tert-OH is 1. The summed E-state index contributed by atoms with van der Waals surface area (Å²) in [6.07, 6.45) is 0. The smallest absolute Gasteiger partial charge is 0.120 e. The molecule has 2 aromatic heterocycles. The Hall–Kier alpha value is -2.18. The molecule has 0 aliphatic heterocycles. The molecule has 6 nitrogen and oxygen atoms in total. The van der Waals surface area contributed by atoms with Gasteiger partial charge in [0.15, 0.2) is 0 Å². The van der Waals surface area contributed by atoms with Crippen molar-refractivity contribution in [1.29, 1.82) is 0 Å². The van der Waals surface area contributed by atoms with E-state index in [0.29, 0.717) is 13.1 Å². The first-order chi connectivity index (χ1) is 10.7. The Morgan fingerprint density at radius 1 is 1.32 bits per heavy atom. The molecule has 0 bridgehead atoms. The lowest BCUT2D eigenvalue weighted by atomic mass is 10.0. The molecule has 3 N–H and O–H groups in total. The summed E-state index contributed by atoms with van der Waals surface area (Å²) in [5.74, 6) is 0.868. The Bertz CT molecular complexity index is 789. The molecule has 1 aromatic carbocycles. The predicted octanol–water partition coefficient (Wildman–Crippen LogP) is 1.16. The number of fused-ring (bicyclic) bond motifs is 1. The second-order valence-corrected chi connectivity index (χ2v) is 5.46. The highest BCUT2D eigenvalue weighted by Crippen LogP contribution is 2.26. The SMILES string of the molecule is Cc1cc(C(CN)c2nc3ccccc3n2C)n(CCO)n1. The van der Waals surface area contributed by atoms with Crippen LogP contribution in [-0.2, 0) is 13.6 Å². The lowest BCUT2D eigenvalue weighted by Gasteiger charge is -2.16. The monoisotopic (exact) mass is 299 g/mol. The Morgan fingerprint density at radius 2 is 2.09 bits per heavy atom. The first-order valence-corrected chi connectivity index (χ1v) is 7.42. The average molecular weight is 299 g/mol. The van der Waals surface area contributed by atoms with Crippen molar-refractivity contribution in [3.8, 4) is 0 Å². The molecule has 2 heterocycles. The van der Waals surface area contributed by atoms with Gasteiger partial charge in [0.2, 0.25) is 0 Å². The zero-order chi connectivity index (χ0) is 15.7. The summed E-state index contributed by atoms with van der Waals surface area (Å²) in [4.78, 5) is 4.75. The molecular weight excluding hydrogens is 278 g/mol. The van der Waals surface area contributed by atoms with Gasteiger partial charge in [-0.25, -0.2) is 4.98 Å². The van der Waals surface area contributed by atoms with E-state index in [2.05, 4.69) is 15.7 Å². The van der Waals surface area contributed by atoms with E-state index in [0.717, 1.165) is 28.2 Å². The number of benzene rings is 1. The highest BCUT2D eigenvalue weighted by Gasteiger charge is 2.23. The van der Waals surface area contributed by atoms with Crippen LogP contribution < -0.4 is 5.73 Å². The molecule has 1 unspecified atom stereocenters. The summed E-state index contributed by atoms with van der Waals surface area (Å²) in [5.41, 5.74) is 10.0. The molecule has 116 valence electrons. The van der Waals surface area contributed by atoms with Crippen molar-refractivity contribution in [2.45, 2.75) is 19.4 Å². The molecule has 6 heteroatoms. The van der Waals surface area contributed by atoms with Crippen LogP contribution in [0.5, 0.6) is 0 Å². The van der Waals surface area contributed by atoms with Crippen molar-refractivity contribution in [2.75, 3.05) is 13.2 Å². The number of para-hydroxylation sites is 2. The van der Waals surface area contributed by atoms with E-state index in [1.54, 1.807) is 0 Å². The van der Waals surface area contributed by atoms with Crippen molar-refractivity contribution < 1.29 is 5.11 Å². The van der Waals surface area contributed by atoms with Gasteiger partial charge in [0.05, 0.1) is 41.5 Å². The number of imidazole rings is 1. The minimum Gasteiger partial charge on any atom is -0.394 e. The van der Waals surface area contributed by atoms with Crippen LogP contribution in [0.3, 0.4) is 0 Å². The van der Waals surface area contributed by atoms with Crippen LogP contribution in [0, 0.1) is 6.92 Å². The van der Waals surface area contributed by atoms with E-state index in [1.165, 1.54) is 0 Å². The van der Waals surface area contributed by atoms with Gasteiger partial charge in [-0.2, -0.15) is 5.10 Å². The number of nitrogens with zero attached hydrogens (tertiary/aromatic N) is 4. The van der Waals surface area contributed by atoms with Crippen molar-refractivity contribution >= 4 is 11.0 Å². The van der Waals surface area contributed by atoms with Gasteiger partial charge in [0, 0.05) is 13.6 Å². The van der Waals surface area contributed by atoms with Gasteiger partial charge in [-0.15, -0.1) is 0 Å². The molecule has 0 aliphatic carbocycles. The molecule has 0 spiro atoms. The molecule has 3 aromatic rings. The Balaban J connectivity index is 2.12. The fraction of sp³-hybridized carbons (Fsp3) is 0.375. The Morgan fingerprint density at radius 3 is 2.77 bits per heavy atom. The molecule has 0 aliphatic rings. The maximum Gasteiger partial charge on any atom is 0.120 e. The standard InChI is InChI=1S/C16H21N5O/c1-11-9-15(21(19-11)7-8-22)12(10-17)16-18-13-5-3-4-6-14(13)20(16)2/h3-6,9,12,22H,7-8,10,17H2,1-2H3. The molecule has 0 saturated heterocycles. The lowest BCUT2D eigenvalue weighted by Crippen LogP contribution is -2.22. The van der Waals surface area contributed by atoms with Crippen LogP contribution in [0.25, 0.3) is 11.0 Å². The van der Waals surface area contributed by atoms with E-state index >= 15 is 0 Å². The summed E-state index contributed by atoms with van der Waals surface area (Å²) in [6, 6.07) is 10.1. The number of aliphatic hydroxyl groups is 1. The molecular formula is C16H21N5O. The third-order valence-corrected chi connectivity index (χ3v) is 3.97. The third kappa shape index (κ3) is 2.40. The molecule has 0 saturated carbocycles. The molecule has 0 fully saturated rings. The van der Waals surface area contributed by atoms with Crippen molar-refractivity contribution in [1.82, 2.24) is 19.3 Å². The quantitative estimate of drug-likeness (QED) is 0.741. The average Bonchev–Trinajstić information content (AvgIpc) is 3.03. The second-order valence-electron chi connectivity index (χ2n) is 5.46. The van der Waals surface area contributed by atoms with Crippen LogP contribution in [0.1, 0.15) is 23.1 Å². The predicted molar refractivity (Wildman–Crippen MR) is 85.7 cm³/mol. The highest BCUT2D eigenvalue weighted by atomic mass is 16.3. The van der Waals surface area contributed by atoms with Crippen molar-refractivity contribution in [2.24, 2.45) is 12.8 Å². The number of aromatic nitrogens is 4. The summed E-state index contributed by atoms with van der Waals surface area (Å²) in [5, 5.41) is 13.7. The molecule has 0 radical (unpaired) electrons. The van der Waals surface area contributed by atoms with E-state index in [-0.39, 0.29) is 12.5 Å². The second kappa shape index (κ2) is 5.90. The minimum absolute atomic E-state index is 0.0496. The van der Waals surface area contributed by atoms with Gasteiger partial charge in [-0.05, 0) is 25.1 Å². The number of hydrogen-bond donors (Lipinski definition) is 2. The van der Waals surface area contributed by atoms with Crippen LogP contribution >= 0.6 is 0 Å². The van der Waals surface area contributed by atoms with Gasteiger partial charge in [0.1, 0.15) is 5.82 Å². The molecule has 1 atom stereocenters. The van der Waals surface area contributed by atoms with Gasteiger partial charge >= 0.3 is 0 Å². The third-order valence-electron chi connectivity index (χ3n) is 3.97. The van der Waals surface area contributed by atoms with Crippen LogP contribution in [-0.4, -0.2) is 37.6 Å². The summed E-state index contributed by atoms with van der Waals surface area (Å²) in [6.45, 7) is 2.89. The lowest BCUT2D eigenvalue weighted by molar-refractivity contribution is 0.266. The fourth-order valence-corrected chi connectivity index (χ4v) is 2.95. The first-order valence-electron chi connectivity index (χ1n) is 7.42. The topological polar surface area (TPSA) is 81.9 Å². The number of nitrogens with two attached hydrogens (primary N) is 1. The van der Waals surface area contributed by atoms with Crippen molar-refractivity contribution in [3.05, 3.63) is 47.5 Å². The Labute approximate surface area is 129 Å². The van der Waals surface area contributed by atoms with E-state index < -0.39 is 0 Å². The Kier molecular flexibility index (Phi) is 3.96. The maximum absolute atomic E-state index is 9.23. The van der Waals surface area contributed by atoms with Gasteiger partial charge in [-0.3, -0.25) is 4.68 Å². The largest absolute Gasteiger partial charge is 0.394 e. The van der Waals surface area contributed by atoms with Crippen LogP contribution in [0.15, 0.2) is 30.3 Å². The normalized spacial score (nSPS) is 12.9. The number of rotatable bonds is 5. The van der Waals surface area contributed by atoms with Gasteiger partial charge in [0.25, 0.3) is 0 Å². The van der Waals surface area contributed by atoms with Crippen LogP contribution in [0.2, 0.25) is 0 Å². The minimum atomic E-state index is -0.0508. The van der Waals surface area contributed by atoms with E-state index in [4.69, 9.17) is 10.7 Å². The van der Waals surface area contributed by atoms with Crippen LogP contribution in [0.4, 0.5) is 0 Å². The molecule has 0 amide bonds. The first kappa shape index (κ1) is 14.7. The highest BCUT2D eigenvalue weighted by molar-refractivity contribution is 5.76. The number of hydrogen-bond acceptors (Lipinski definition) is 4. The van der Waals surface area contributed by atoms with Gasteiger partial charge < -0.3 is 15.4 Å². The zero-order valence-corrected chi connectivity index (χ0v) is 12.9. The van der Waals surface area contributed by atoms with E-state index in [9.17, 15) is 5.11 Å². The zero-order valence-electron chi connectivity index (χ0n) is 12.9. The number of aryl methyl sites for hydroxylation is 2. The summed E-state index contributed by atoms with van der Waals surface area (Å²) in [7, 11) is 2.01. The molecule has 3 rings (SSSR count). The van der Waals surface area contributed by atoms with E-state index in [1.807, 2.05) is 42.9 Å². The van der Waals surface area contributed by atoms with Crippen molar-refractivity contribution in [3.63, 3.8) is 0 Å². The fourth-order valence-electron chi connectivity index (χ4n) is 2.95. The summed E-state index contributed by atoms with van der Waals surface area (Å²) < 4.78 is 3.91.